The zero-order valence-electron chi connectivity index (χ0n) is 13.0. The molecule has 1 amide bonds. The van der Waals surface area contributed by atoms with Crippen molar-refractivity contribution >= 4 is 5.91 Å². The molecule has 1 heterocycles. The van der Waals surface area contributed by atoms with E-state index in [2.05, 4.69) is 10.3 Å². The van der Waals surface area contributed by atoms with Crippen molar-refractivity contribution in [2.45, 2.75) is 31.5 Å². The molecule has 24 heavy (non-hydrogen) atoms. The van der Waals surface area contributed by atoms with Gasteiger partial charge < -0.3 is 5.32 Å². The SMILES string of the molecule is C[C@H](NC(=O)[C@H]1C[C@H]1c1cccnc1)c1ccc(C(F)(F)F)cc1. The predicted molar refractivity (Wildman–Crippen MR) is 83.1 cm³/mol. The van der Waals surface area contributed by atoms with Crippen molar-refractivity contribution in [3.63, 3.8) is 0 Å². The van der Waals surface area contributed by atoms with Crippen LogP contribution in [-0.4, -0.2) is 10.9 Å². The van der Waals surface area contributed by atoms with E-state index in [0.29, 0.717) is 5.56 Å². The van der Waals surface area contributed by atoms with Crippen LogP contribution >= 0.6 is 0 Å². The first-order chi connectivity index (χ1) is 11.4. The average molecular weight is 334 g/mol. The zero-order chi connectivity index (χ0) is 17.3. The molecule has 0 aliphatic heterocycles. The van der Waals surface area contributed by atoms with Gasteiger partial charge in [-0.2, -0.15) is 13.2 Å². The minimum absolute atomic E-state index is 0.0729. The van der Waals surface area contributed by atoms with Crippen LogP contribution in [0.2, 0.25) is 0 Å². The molecule has 1 aliphatic rings. The Balaban J connectivity index is 1.59. The summed E-state index contributed by atoms with van der Waals surface area (Å²) in [5.41, 5.74) is 0.998. The number of alkyl halides is 3. The van der Waals surface area contributed by atoms with Crippen LogP contribution in [0.5, 0.6) is 0 Å². The summed E-state index contributed by atoms with van der Waals surface area (Å²) in [6.45, 7) is 1.77. The predicted octanol–water partition coefficient (Wildman–Crippen LogP) is 4.08. The van der Waals surface area contributed by atoms with Gasteiger partial charge in [-0.05, 0) is 48.6 Å². The van der Waals surface area contributed by atoms with Crippen molar-refractivity contribution in [1.29, 1.82) is 0 Å². The Kier molecular flexibility index (Phi) is 4.30. The Morgan fingerprint density at radius 2 is 1.96 bits per heavy atom. The summed E-state index contributed by atoms with van der Waals surface area (Å²) in [6, 6.07) is 8.33. The maximum absolute atomic E-state index is 12.6. The fourth-order valence-corrected chi connectivity index (χ4v) is 2.81. The normalized spacial score (nSPS) is 21.2. The van der Waals surface area contributed by atoms with Crippen LogP contribution < -0.4 is 5.32 Å². The van der Waals surface area contributed by atoms with Crippen molar-refractivity contribution in [1.82, 2.24) is 10.3 Å². The minimum atomic E-state index is -4.35. The van der Waals surface area contributed by atoms with Gasteiger partial charge in [0.05, 0.1) is 11.6 Å². The summed E-state index contributed by atoms with van der Waals surface area (Å²) >= 11 is 0. The molecule has 0 bridgehead atoms. The number of rotatable bonds is 4. The number of carbonyl (C=O) groups is 1. The maximum atomic E-state index is 12.6. The van der Waals surface area contributed by atoms with E-state index >= 15 is 0 Å². The van der Waals surface area contributed by atoms with E-state index < -0.39 is 11.7 Å². The van der Waals surface area contributed by atoms with E-state index in [1.807, 2.05) is 12.1 Å². The smallest absolute Gasteiger partial charge is 0.349 e. The summed E-state index contributed by atoms with van der Waals surface area (Å²) in [5, 5.41) is 2.88. The number of hydrogen-bond acceptors (Lipinski definition) is 2. The van der Waals surface area contributed by atoms with Gasteiger partial charge in [-0.25, -0.2) is 0 Å². The highest BCUT2D eigenvalue weighted by atomic mass is 19.4. The van der Waals surface area contributed by atoms with Gasteiger partial charge in [-0.3, -0.25) is 9.78 Å². The van der Waals surface area contributed by atoms with E-state index in [0.717, 1.165) is 24.1 Å². The first kappa shape index (κ1) is 16.5. The summed E-state index contributed by atoms with van der Waals surface area (Å²) in [7, 11) is 0. The van der Waals surface area contributed by atoms with Gasteiger partial charge in [0.25, 0.3) is 0 Å². The Bertz CT molecular complexity index is 713. The van der Waals surface area contributed by atoms with Crippen LogP contribution in [0.15, 0.2) is 48.8 Å². The van der Waals surface area contributed by atoms with Crippen molar-refractivity contribution in [2.24, 2.45) is 5.92 Å². The molecule has 0 unspecified atom stereocenters. The molecule has 3 rings (SSSR count). The molecule has 1 fully saturated rings. The van der Waals surface area contributed by atoms with Gasteiger partial charge in [0, 0.05) is 18.3 Å². The Morgan fingerprint density at radius 3 is 2.54 bits per heavy atom. The molecule has 2 aromatic rings. The maximum Gasteiger partial charge on any atom is 0.416 e. The Hall–Kier alpha value is -2.37. The number of amides is 1. The fourth-order valence-electron chi connectivity index (χ4n) is 2.81. The van der Waals surface area contributed by atoms with Crippen LogP contribution in [0.25, 0.3) is 0 Å². The molecule has 3 nitrogen and oxygen atoms in total. The molecule has 0 spiro atoms. The van der Waals surface area contributed by atoms with Crippen LogP contribution in [0.1, 0.15) is 42.0 Å². The molecule has 1 aromatic carbocycles. The highest BCUT2D eigenvalue weighted by Gasteiger charge is 2.44. The van der Waals surface area contributed by atoms with Gasteiger partial charge in [0.2, 0.25) is 5.91 Å². The molecule has 1 N–H and O–H groups in total. The highest BCUT2D eigenvalue weighted by Crippen LogP contribution is 2.47. The third-order valence-electron chi connectivity index (χ3n) is 4.34. The van der Waals surface area contributed by atoms with Gasteiger partial charge in [0.1, 0.15) is 0 Å². The first-order valence-electron chi connectivity index (χ1n) is 7.73. The summed E-state index contributed by atoms with van der Waals surface area (Å²) < 4.78 is 37.7. The van der Waals surface area contributed by atoms with Gasteiger partial charge in [-0.15, -0.1) is 0 Å². The molecule has 3 atom stereocenters. The third-order valence-corrected chi connectivity index (χ3v) is 4.34. The minimum Gasteiger partial charge on any atom is -0.349 e. The number of nitrogens with zero attached hydrogens (tertiary/aromatic N) is 1. The van der Waals surface area contributed by atoms with Gasteiger partial charge in [-0.1, -0.05) is 18.2 Å². The average Bonchev–Trinajstić information content (AvgIpc) is 3.36. The van der Waals surface area contributed by atoms with E-state index in [1.54, 1.807) is 19.3 Å². The number of hydrogen-bond donors (Lipinski definition) is 1. The monoisotopic (exact) mass is 334 g/mol. The lowest BCUT2D eigenvalue weighted by atomic mass is 10.1. The molecule has 1 aliphatic carbocycles. The molecular weight excluding hydrogens is 317 g/mol. The summed E-state index contributed by atoms with van der Waals surface area (Å²) in [5.74, 6) is 0.0147. The van der Waals surface area contributed by atoms with E-state index in [1.165, 1.54) is 12.1 Å². The number of pyridine rings is 1. The molecule has 126 valence electrons. The van der Waals surface area contributed by atoms with Gasteiger partial charge >= 0.3 is 6.18 Å². The second-order valence-corrected chi connectivity index (χ2v) is 6.09. The van der Waals surface area contributed by atoms with E-state index in [9.17, 15) is 18.0 Å². The number of benzene rings is 1. The van der Waals surface area contributed by atoms with Gasteiger partial charge in [0.15, 0.2) is 0 Å². The fraction of sp³-hybridized carbons (Fsp3) is 0.333. The largest absolute Gasteiger partial charge is 0.416 e. The van der Waals surface area contributed by atoms with Crippen LogP contribution in [0, 0.1) is 5.92 Å². The van der Waals surface area contributed by atoms with E-state index in [-0.39, 0.29) is 23.8 Å². The second-order valence-electron chi connectivity index (χ2n) is 6.09. The lowest BCUT2D eigenvalue weighted by Gasteiger charge is -2.15. The molecule has 1 saturated carbocycles. The topological polar surface area (TPSA) is 42.0 Å². The lowest BCUT2D eigenvalue weighted by molar-refractivity contribution is -0.137. The molecular formula is C18H17F3N2O. The molecule has 0 saturated heterocycles. The van der Waals surface area contributed by atoms with Crippen LogP contribution in [0.3, 0.4) is 0 Å². The Morgan fingerprint density at radius 1 is 1.25 bits per heavy atom. The van der Waals surface area contributed by atoms with Crippen LogP contribution in [-0.2, 0) is 11.0 Å². The molecule has 1 aromatic heterocycles. The van der Waals surface area contributed by atoms with Crippen molar-refractivity contribution in [3.05, 3.63) is 65.5 Å². The quantitative estimate of drug-likeness (QED) is 0.915. The highest BCUT2D eigenvalue weighted by molar-refractivity contribution is 5.83. The van der Waals surface area contributed by atoms with Crippen LogP contribution in [0.4, 0.5) is 13.2 Å². The summed E-state index contributed by atoms with van der Waals surface area (Å²) in [6.07, 6.45) is -0.127. The number of carbonyl (C=O) groups excluding carboxylic acids is 1. The zero-order valence-corrected chi connectivity index (χ0v) is 13.0. The number of nitrogens with one attached hydrogen (secondary N) is 1. The standard InChI is InChI=1S/C18H17F3N2O/c1-11(12-4-6-14(7-5-12)18(19,20)21)23-17(24)16-9-15(16)13-3-2-8-22-10-13/h2-8,10-11,15-16H,9H2,1H3,(H,23,24)/t11-,15-,16-/m0/s1. The summed E-state index contributed by atoms with van der Waals surface area (Å²) in [4.78, 5) is 16.3. The second kappa shape index (κ2) is 6.26. The van der Waals surface area contributed by atoms with Crippen molar-refractivity contribution < 1.29 is 18.0 Å². The molecule has 6 heteroatoms. The molecule has 0 radical (unpaired) electrons. The number of aromatic nitrogens is 1. The third kappa shape index (κ3) is 3.58. The number of halogens is 3. The van der Waals surface area contributed by atoms with Crippen molar-refractivity contribution in [2.75, 3.05) is 0 Å². The first-order valence-corrected chi connectivity index (χ1v) is 7.73. The van der Waals surface area contributed by atoms with Crippen molar-refractivity contribution in [3.8, 4) is 0 Å². The lowest BCUT2D eigenvalue weighted by Crippen LogP contribution is -2.28. The van der Waals surface area contributed by atoms with E-state index in [4.69, 9.17) is 0 Å². The Labute approximate surface area is 137 Å².